The predicted octanol–water partition coefficient (Wildman–Crippen LogP) is 1.22. The Morgan fingerprint density at radius 3 is 2.35 bits per heavy atom. The van der Waals surface area contributed by atoms with Crippen LogP contribution in [0.25, 0.3) is 0 Å². The summed E-state index contributed by atoms with van der Waals surface area (Å²) in [6, 6.07) is 3.37. The van der Waals surface area contributed by atoms with Gasteiger partial charge < -0.3 is 16.2 Å². The molecule has 0 saturated heterocycles. The molecule has 20 heavy (non-hydrogen) atoms. The van der Waals surface area contributed by atoms with Crippen LogP contribution in [0.2, 0.25) is 0 Å². The van der Waals surface area contributed by atoms with Crippen LogP contribution >= 0.6 is 0 Å². The lowest BCUT2D eigenvalue weighted by Gasteiger charge is -2.16. The first-order chi connectivity index (χ1) is 9.23. The molecule has 0 aliphatic rings. The summed E-state index contributed by atoms with van der Waals surface area (Å²) in [6.07, 6.45) is 0. The van der Waals surface area contributed by atoms with Crippen LogP contribution in [0.4, 0.5) is 10.1 Å². The van der Waals surface area contributed by atoms with Crippen LogP contribution in [0.5, 0.6) is 0 Å². The minimum absolute atomic E-state index is 0.176. The van der Waals surface area contributed by atoms with Crippen molar-refractivity contribution in [3.63, 3.8) is 0 Å². The van der Waals surface area contributed by atoms with Gasteiger partial charge in [-0.15, -0.1) is 0 Å². The second kappa shape index (κ2) is 6.14. The number of carboxylic acids is 1. The molecular formula is C13H15FN2O4. The first-order valence-corrected chi connectivity index (χ1v) is 5.87. The average molecular weight is 282 g/mol. The zero-order valence-electron chi connectivity index (χ0n) is 11.0. The van der Waals surface area contributed by atoms with Gasteiger partial charge in [0, 0.05) is 11.6 Å². The van der Waals surface area contributed by atoms with E-state index < -0.39 is 35.4 Å². The third-order valence-electron chi connectivity index (χ3n) is 3.05. The molecule has 0 fully saturated rings. The number of hydrogen-bond donors (Lipinski definition) is 3. The molecule has 108 valence electrons. The summed E-state index contributed by atoms with van der Waals surface area (Å²) in [5.74, 6) is -5.03. The van der Waals surface area contributed by atoms with E-state index in [0.717, 1.165) is 12.1 Å². The summed E-state index contributed by atoms with van der Waals surface area (Å²) in [6.45, 7) is 2.87. The molecule has 4 N–H and O–H groups in total. The molecule has 6 nitrogen and oxygen atoms in total. The van der Waals surface area contributed by atoms with Crippen molar-refractivity contribution < 1.29 is 23.9 Å². The molecule has 0 aliphatic carbocycles. The van der Waals surface area contributed by atoms with Crippen LogP contribution in [-0.4, -0.2) is 22.9 Å². The molecule has 2 atom stereocenters. The topological polar surface area (TPSA) is 109 Å². The second-order valence-corrected chi connectivity index (χ2v) is 4.46. The standard InChI is InChI=1S/C13H15FN2O4/c1-6(7(2)13(19)20)12(18)16-8-3-4-10(14)9(5-8)11(15)17/h3-7H,1-2H3,(H2,15,17)(H,16,18)(H,19,20). The first kappa shape index (κ1) is 15.6. The largest absolute Gasteiger partial charge is 0.481 e. The highest BCUT2D eigenvalue weighted by molar-refractivity contribution is 5.98. The number of aliphatic carboxylic acids is 1. The number of primary amides is 1. The van der Waals surface area contributed by atoms with E-state index in [0.29, 0.717) is 0 Å². The normalized spacial score (nSPS) is 13.3. The summed E-state index contributed by atoms with van der Waals surface area (Å²) in [5.41, 5.74) is 4.82. The molecule has 1 aromatic carbocycles. The Morgan fingerprint density at radius 2 is 1.85 bits per heavy atom. The fourth-order valence-electron chi connectivity index (χ4n) is 1.49. The van der Waals surface area contributed by atoms with Gasteiger partial charge in [-0.05, 0) is 18.2 Å². The summed E-state index contributed by atoms with van der Waals surface area (Å²) in [7, 11) is 0. The number of rotatable bonds is 5. The number of amides is 2. The number of benzene rings is 1. The van der Waals surface area contributed by atoms with Crippen molar-refractivity contribution in [3.05, 3.63) is 29.6 Å². The molecule has 0 heterocycles. The molecule has 0 radical (unpaired) electrons. The number of carboxylic acid groups (broad SMARTS) is 1. The van der Waals surface area contributed by atoms with Crippen LogP contribution in [-0.2, 0) is 9.59 Å². The Balaban J connectivity index is 2.89. The molecular weight excluding hydrogens is 267 g/mol. The quantitative estimate of drug-likeness (QED) is 0.754. The molecule has 7 heteroatoms. The molecule has 1 aromatic rings. The lowest BCUT2D eigenvalue weighted by molar-refractivity contribution is -0.145. The van der Waals surface area contributed by atoms with Crippen molar-refractivity contribution in [2.75, 3.05) is 5.32 Å². The molecule has 1 rings (SSSR count). The third kappa shape index (κ3) is 3.53. The maximum absolute atomic E-state index is 13.3. The third-order valence-corrected chi connectivity index (χ3v) is 3.05. The van der Waals surface area contributed by atoms with Gasteiger partial charge in [0.2, 0.25) is 5.91 Å². The van der Waals surface area contributed by atoms with E-state index in [1.54, 1.807) is 0 Å². The Morgan fingerprint density at radius 1 is 1.25 bits per heavy atom. The molecule has 0 aliphatic heterocycles. The maximum Gasteiger partial charge on any atom is 0.307 e. The zero-order chi connectivity index (χ0) is 15.4. The van der Waals surface area contributed by atoms with E-state index in [9.17, 15) is 18.8 Å². The highest BCUT2D eigenvalue weighted by Crippen LogP contribution is 2.18. The Hall–Kier alpha value is -2.44. The SMILES string of the molecule is CC(C(=O)O)C(C)C(=O)Nc1ccc(F)c(C(N)=O)c1. The molecule has 0 bridgehead atoms. The Kier molecular flexibility index (Phi) is 4.79. The number of carbonyl (C=O) groups is 3. The number of carbonyl (C=O) groups excluding carboxylic acids is 2. The van der Waals surface area contributed by atoms with Gasteiger partial charge in [0.1, 0.15) is 5.82 Å². The maximum atomic E-state index is 13.3. The summed E-state index contributed by atoms with van der Waals surface area (Å²) in [5, 5.41) is 11.3. The van der Waals surface area contributed by atoms with Crippen molar-refractivity contribution in [1.29, 1.82) is 0 Å². The van der Waals surface area contributed by atoms with Crippen molar-refractivity contribution >= 4 is 23.5 Å². The summed E-state index contributed by atoms with van der Waals surface area (Å²) in [4.78, 5) is 33.6. The van der Waals surface area contributed by atoms with E-state index >= 15 is 0 Å². The molecule has 2 unspecified atom stereocenters. The first-order valence-electron chi connectivity index (χ1n) is 5.87. The molecule has 0 aromatic heterocycles. The zero-order valence-corrected chi connectivity index (χ0v) is 11.0. The Labute approximate surface area is 114 Å². The summed E-state index contributed by atoms with van der Waals surface area (Å²) < 4.78 is 13.3. The lowest BCUT2D eigenvalue weighted by atomic mass is 9.95. The molecule has 0 spiro atoms. The van der Waals surface area contributed by atoms with Gasteiger partial charge in [-0.1, -0.05) is 13.8 Å². The van der Waals surface area contributed by atoms with Crippen LogP contribution in [0.1, 0.15) is 24.2 Å². The van der Waals surface area contributed by atoms with Gasteiger partial charge in [-0.25, -0.2) is 4.39 Å². The monoisotopic (exact) mass is 282 g/mol. The van der Waals surface area contributed by atoms with Crippen LogP contribution < -0.4 is 11.1 Å². The van der Waals surface area contributed by atoms with Crippen LogP contribution in [0, 0.1) is 17.7 Å². The van der Waals surface area contributed by atoms with Crippen molar-refractivity contribution in [3.8, 4) is 0 Å². The van der Waals surface area contributed by atoms with Gasteiger partial charge in [-0.2, -0.15) is 0 Å². The lowest BCUT2D eigenvalue weighted by Crippen LogP contribution is -2.30. The van der Waals surface area contributed by atoms with Crippen LogP contribution in [0.15, 0.2) is 18.2 Å². The highest BCUT2D eigenvalue weighted by atomic mass is 19.1. The number of nitrogens with one attached hydrogen (secondary N) is 1. The van der Waals surface area contributed by atoms with Crippen LogP contribution in [0.3, 0.4) is 0 Å². The Bertz CT molecular complexity index is 559. The highest BCUT2D eigenvalue weighted by Gasteiger charge is 2.26. The second-order valence-electron chi connectivity index (χ2n) is 4.46. The number of halogens is 1. The van der Waals surface area contributed by atoms with Gasteiger partial charge in [0.15, 0.2) is 0 Å². The minimum Gasteiger partial charge on any atom is -0.481 e. The fraction of sp³-hybridized carbons (Fsp3) is 0.308. The van der Waals surface area contributed by atoms with E-state index in [4.69, 9.17) is 10.8 Å². The van der Waals surface area contributed by atoms with Gasteiger partial charge in [0.05, 0.1) is 11.5 Å². The van der Waals surface area contributed by atoms with E-state index in [1.807, 2.05) is 0 Å². The number of nitrogens with two attached hydrogens (primary N) is 1. The molecule has 2 amide bonds. The smallest absolute Gasteiger partial charge is 0.307 e. The van der Waals surface area contributed by atoms with E-state index in [1.165, 1.54) is 19.9 Å². The fourth-order valence-corrected chi connectivity index (χ4v) is 1.49. The van der Waals surface area contributed by atoms with Gasteiger partial charge in [0.25, 0.3) is 5.91 Å². The minimum atomic E-state index is -1.09. The average Bonchev–Trinajstić information content (AvgIpc) is 2.38. The van der Waals surface area contributed by atoms with Gasteiger partial charge in [-0.3, -0.25) is 14.4 Å². The predicted molar refractivity (Wildman–Crippen MR) is 69.5 cm³/mol. The van der Waals surface area contributed by atoms with E-state index in [2.05, 4.69) is 5.32 Å². The van der Waals surface area contributed by atoms with E-state index in [-0.39, 0.29) is 11.3 Å². The number of anilines is 1. The van der Waals surface area contributed by atoms with Crippen molar-refractivity contribution in [2.24, 2.45) is 17.6 Å². The van der Waals surface area contributed by atoms with Crippen molar-refractivity contribution in [2.45, 2.75) is 13.8 Å². The van der Waals surface area contributed by atoms with Gasteiger partial charge >= 0.3 is 5.97 Å². The molecule has 0 saturated carbocycles. The number of hydrogen-bond acceptors (Lipinski definition) is 3. The van der Waals surface area contributed by atoms with Crippen molar-refractivity contribution in [1.82, 2.24) is 0 Å². The summed E-state index contributed by atoms with van der Waals surface area (Å²) >= 11 is 0.